The molecule has 3 N–H and O–H groups in total. The molecule has 4 aromatic rings. The van der Waals surface area contributed by atoms with Gasteiger partial charge in [0, 0.05) is 15.4 Å². The van der Waals surface area contributed by atoms with E-state index in [1.165, 1.54) is 27.6 Å². The van der Waals surface area contributed by atoms with Gasteiger partial charge in [-0.3, -0.25) is 14.2 Å². The van der Waals surface area contributed by atoms with Crippen LogP contribution in [0.2, 0.25) is 0 Å². The Balaban J connectivity index is 1.54. The van der Waals surface area contributed by atoms with E-state index in [0.29, 0.717) is 10.7 Å². The number of carbonyl (C=O) groups excluding carboxylic acids is 1. The Bertz CT molecular complexity index is 1250. The van der Waals surface area contributed by atoms with Gasteiger partial charge in [0.1, 0.15) is 11.4 Å². The highest BCUT2D eigenvalue weighted by Crippen LogP contribution is 2.21. The first-order valence-electron chi connectivity index (χ1n) is 8.44. The van der Waals surface area contributed by atoms with Crippen LogP contribution in [0.3, 0.4) is 0 Å². The molecule has 11 heteroatoms. The summed E-state index contributed by atoms with van der Waals surface area (Å²) in [4.78, 5) is 33.1. The first-order chi connectivity index (χ1) is 13.9. The number of nitrogens with two attached hydrogens (primary N) is 1. The number of rotatable bonds is 6. The number of nitrogens with zero attached hydrogens (tertiary/aromatic N) is 4. The second kappa shape index (κ2) is 8.00. The van der Waals surface area contributed by atoms with Crippen LogP contribution in [0, 0.1) is 3.57 Å². The molecule has 0 saturated carbocycles. The van der Waals surface area contributed by atoms with Crippen LogP contribution in [0.5, 0.6) is 0 Å². The third-order valence-corrected chi connectivity index (χ3v) is 5.88. The fourth-order valence-corrected chi connectivity index (χ4v) is 4.07. The zero-order chi connectivity index (χ0) is 20.5. The number of carbonyl (C=O) groups is 1. The van der Waals surface area contributed by atoms with E-state index in [4.69, 9.17) is 10.3 Å². The predicted molar refractivity (Wildman–Crippen MR) is 114 cm³/mol. The van der Waals surface area contributed by atoms with Crippen molar-refractivity contribution < 1.29 is 14.4 Å². The Hall–Kier alpha value is -2.64. The van der Waals surface area contributed by atoms with Crippen LogP contribution in [-0.4, -0.2) is 30.7 Å². The maximum absolute atomic E-state index is 12.7. The molecule has 0 radical (unpaired) electrons. The Morgan fingerprint density at radius 3 is 2.83 bits per heavy atom. The maximum Gasteiger partial charge on any atom is 0.263 e. The Labute approximate surface area is 181 Å². The van der Waals surface area contributed by atoms with Crippen molar-refractivity contribution in [2.75, 3.05) is 0 Å². The molecule has 4 rings (SSSR count). The summed E-state index contributed by atoms with van der Waals surface area (Å²) < 4.78 is 7.54. The van der Waals surface area contributed by atoms with Gasteiger partial charge in [-0.25, -0.2) is 4.98 Å². The van der Waals surface area contributed by atoms with E-state index < -0.39 is 17.6 Å². The van der Waals surface area contributed by atoms with Gasteiger partial charge in [-0.15, -0.1) is 11.3 Å². The standard InChI is InChI=1S/C18H14IN5O4S/c19-10-3-1-9(2-4-10)12(25)5-13-22-14(28-23-13)6-24-8-21-17-15(18(24)27)11(7-29-17)16(20)26/h1-4,7-8,12,25H,5-6H2,(H2,20,26)/t12-/m0/s1. The third-order valence-electron chi connectivity index (χ3n) is 4.27. The highest BCUT2D eigenvalue weighted by atomic mass is 127. The molecule has 29 heavy (non-hydrogen) atoms. The number of halogens is 1. The normalized spacial score (nSPS) is 12.3. The highest BCUT2D eigenvalue weighted by Gasteiger charge is 2.18. The van der Waals surface area contributed by atoms with Crippen molar-refractivity contribution in [3.63, 3.8) is 0 Å². The lowest BCUT2D eigenvalue weighted by atomic mass is 10.1. The number of aliphatic hydroxyl groups is 1. The van der Waals surface area contributed by atoms with Crippen LogP contribution < -0.4 is 11.3 Å². The molecule has 0 bridgehead atoms. The fourth-order valence-electron chi connectivity index (χ4n) is 2.82. The topological polar surface area (TPSA) is 137 Å². The Kier molecular flexibility index (Phi) is 5.43. The molecular weight excluding hydrogens is 509 g/mol. The molecule has 0 saturated heterocycles. The van der Waals surface area contributed by atoms with Crippen molar-refractivity contribution in [3.8, 4) is 0 Å². The molecule has 0 fully saturated rings. The number of aromatic nitrogens is 4. The Morgan fingerprint density at radius 2 is 2.10 bits per heavy atom. The molecule has 3 aromatic heterocycles. The van der Waals surface area contributed by atoms with E-state index in [9.17, 15) is 14.7 Å². The van der Waals surface area contributed by atoms with Crippen molar-refractivity contribution in [1.82, 2.24) is 19.7 Å². The summed E-state index contributed by atoms with van der Waals surface area (Å²) in [6, 6.07) is 7.48. The molecule has 0 aliphatic carbocycles. The smallest absolute Gasteiger partial charge is 0.263 e. The van der Waals surface area contributed by atoms with Crippen molar-refractivity contribution in [1.29, 1.82) is 0 Å². The first kappa shape index (κ1) is 19.7. The molecule has 3 heterocycles. The van der Waals surface area contributed by atoms with E-state index in [2.05, 4.69) is 37.7 Å². The van der Waals surface area contributed by atoms with Gasteiger partial charge in [0.15, 0.2) is 5.82 Å². The van der Waals surface area contributed by atoms with Gasteiger partial charge in [0.05, 0.1) is 23.4 Å². The van der Waals surface area contributed by atoms with Crippen LogP contribution in [0.4, 0.5) is 0 Å². The number of amides is 1. The lowest BCUT2D eigenvalue weighted by Gasteiger charge is -2.08. The van der Waals surface area contributed by atoms with Crippen molar-refractivity contribution >= 4 is 50.1 Å². The van der Waals surface area contributed by atoms with Crippen LogP contribution in [-0.2, 0) is 13.0 Å². The molecular formula is C18H14IN5O4S. The average Bonchev–Trinajstić information content (AvgIpc) is 3.32. The molecule has 148 valence electrons. The predicted octanol–water partition coefficient (Wildman–Crippen LogP) is 1.87. The summed E-state index contributed by atoms with van der Waals surface area (Å²) in [6.07, 6.45) is 0.755. The first-order valence-corrected chi connectivity index (χ1v) is 10.4. The molecule has 1 atom stereocenters. The zero-order valence-electron chi connectivity index (χ0n) is 14.8. The number of primary amides is 1. The summed E-state index contributed by atoms with van der Waals surface area (Å²) in [5.41, 5.74) is 5.81. The van der Waals surface area contributed by atoms with Crippen LogP contribution in [0.15, 0.2) is 45.3 Å². The molecule has 0 unspecified atom stereocenters. The lowest BCUT2D eigenvalue weighted by molar-refractivity contribution is 0.100. The fraction of sp³-hybridized carbons (Fsp3) is 0.167. The van der Waals surface area contributed by atoms with Crippen molar-refractivity contribution in [3.05, 3.63) is 72.7 Å². The maximum atomic E-state index is 12.7. The minimum Gasteiger partial charge on any atom is -0.388 e. The molecule has 0 spiro atoms. The van der Waals surface area contributed by atoms with E-state index in [1.807, 2.05) is 24.3 Å². The summed E-state index contributed by atoms with van der Waals surface area (Å²) in [7, 11) is 0. The van der Waals surface area contributed by atoms with Gasteiger partial charge >= 0.3 is 0 Å². The summed E-state index contributed by atoms with van der Waals surface area (Å²) >= 11 is 3.37. The highest BCUT2D eigenvalue weighted by molar-refractivity contribution is 14.1. The van der Waals surface area contributed by atoms with E-state index in [0.717, 1.165) is 9.13 Å². The molecule has 0 aliphatic heterocycles. The zero-order valence-corrected chi connectivity index (χ0v) is 17.8. The third kappa shape index (κ3) is 4.06. The Morgan fingerprint density at radius 1 is 1.34 bits per heavy atom. The SMILES string of the molecule is NC(=O)c1csc2ncn(Cc3nc(C[C@H](O)c4ccc(I)cc4)no3)c(=O)c12. The minimum absolute atomic E-state index is 0.0115. The van der Waals surface area contributed by atoms with Gasteiger partial charge in [-0.1, -0.05) is 17.3 Å². The van der Waals surface area contributed by atoms with Crippen molar-refractivity contribution in [2.24, 2.45) is 5.73 Å². The van der Waals surface area contributed by atoms with E-state index >= 15 is 0 Å². The number of hydrogen-bond acceptors (Lipinski definition) is 8. The minimum atomic E-state index is -0.776. The number of aliphatic hydroxyl groups excluding tert-OH is 1. The summed E-state index contributed by atoms with van der Waals surface area (Å²) in [6.45, 7) is -0.0115. The van der Waals surface area contributed by atoms with Gasteiger partial charge in [0.2, 0.25) is 11.8 Å². The van der Waals surface area contributed by atoms with Crippen LogP contribution in [0.25, 0.3) is 10.2 Å². The van der Waals surface area contributed by atoms with Crippen LogP contribution >= 0.6 is 33.9 Å². The molecule has 1 aromatic carbocycles. The van der Waals surface area contributed by atoms with Gasteiger partial charge in [-0.2, -0.15) is 4.98 Å². The number of hydrogen-bond donors (Lipinski definition) is 2. The summed E-state index contributed by atoms with van der Waals surface area (Å²) in [5.74, 6) is -0.173. The van der Waals surface area contributed by atoms with E-state index in [1.54, 1.807) is 0 Å². The van der Waals surface area contributed by atoms with Gasteiger partial charge in [0.25, 0.3) is 5.56 Å². The number of fused-ring (bicyclic) bond motifs is 1. The van der Waals surface area contributed by atoms with Crippen molar-refractivity contribution in [2.45, 2.75) is 19.1 Å². The molecule has 0 aliphatic rings. The monoisotopic (exact) mass is 523 g/mol. The number of thiophene rings is 1. The lowest BCUT2D eigenvalue weighted by Crippen LogP contribution is -2.23. The largest absolute Gasteiger partial charge is 0.388 e. The average molecular weight is 523 g/mol. The van der Waals surface area contributed by atoms with Gasteiger partial charge < -0.3 is 15.4 Å². The molecule has 9 nitrogen and oxygen atoms in total. The van der Waals surface area contributed by atoms with Crippen LogP contribution in [0.1, 0.15) is 33.7 Å². The van der Waals surface area contributed by atoms with Gasteiger partial charge in [-0.05, 0) is 40.3 Å². The quantitative estimate of drug-likeness (QED) is 0.368. The second-order valence-electron chi connectivity index (χ2n) is 6.25. The summed E-state index contributed by atoms with van der Waals surface area (Å²) in [5, 5.41) is 15.9. The molecule has 1 amide bonds. The second-order valence-corrected chi connectivity index (χ2v) is 8.35. The number of benzene rings is 1. The van der Waals surface area contributed by atoms with E-state index in [-0.39, 0.29) is 29.8 Å².